The summed E-state index contributed by atoms with van der Waals surface area (Å²) in [6.07, 6.45) is 0. The van der Waals surface area contributed by atoms with E-state index >= 15 is 0 Å². The number of esters is 2. The lowest BCUT2D eigenvalue weighted by Crippen LogP contribution is -2.32. The van der Waals surface area contributed by atoms with Gasteiger partial charge in [0.2, 0.25) is 0 Å². The van der Waals surface area contributed by atoms with Gasteiger partial charge in [-0.15, -0.1) is 11.3 Å². The van der Waals surface area contributed by atoms with Gasteiger partial charge in [0.1, 0.15) is 22.9 Å². The van der Waals surface area contributed by atoms with Crippen LogP contribution < -0.4 is 15.4 Å². The number of anilines is 1. The van der Waals surface area contributed by atoms with E-state index in [1.54, 1.807) is 36.6 Å². The molecule has 182 valence electrons. The highest BCUT2D eigenvalue weighted by atomic mass is 32.1. The smallest absolute Gasteiger partial charge is 0.341 e. The van der Waals surface area contributed by atoms with Crippen molar-refractivity contribution < 1.29 is 33.4 Å². The van der Waals surface area contributed by atoms with Crippen LogP contribution in [0.25, 0.3) is 11.1 Å². The molecule has 0 bridgehead atoms. The third kappa shape index (κ3) is 6.67. The van der Waals surface area contributed by atoms with Gasteiger partial charge in [-0.2, -0.15) is 0 Å². The molecule has 0 radical (unpaired) electrons. The van der Waals surface area contributed by atoms with E-state index in [1.807, 2.05) is 30.3 Å². The molecule has 0 aliphatic rings. The monoisotopic (exact) mass is 496 g/mol. The van der Waals surface area contributed by atoms with Gasteiger partial charge >= 0.3 is 11.9 Å². The largest absolute Gasteiger partial charge is 0.496 e. The van der Waals surface area contributed by atoms with Crippen molar-refractivity contribution in [1.29, 1.82) is 0 Å². The van der Waals surface area contributed by atoms with Gasteiger partial charge in [0, 0.05) is 10.9 Å². The predicted molar refractivity (Wildman–Crippen MR) is 131 cm³/mol. The number of hydrogen-bond donors (Lipinski definition) is 2. The molecule has 2 amide bonds. The Labute approximate surface area is 206 Å². The Morgan fingerprint density at radius 1 is 0.943 bits per heavy atom. The summed E-state index contributed by atoms with van der Waals surface area (Å²) in [5.41, 5.74) is 1.91. The van der Waals surface area contributed by atoms with Gasteiger partial charge < -0.3 is 24.8 Å². The van der Waals surface area contributed by atoms with Crippen LogP contribution in [0.3, 0.4) is 0 Å². The van der Waals surface area contributed by atoms with Crippen molar-refractivity contribution in [3.05, 3.63) is 71.1 Å². The van der Waals surface area contributed by atoms with Gasteiger partial charge in [-0.25, -0.2) is 4.79 Å². The highest BCUT2D eigenvalue weighted by molar-refractivity contribution is 7.15. The fourth-order valence-corrected chi connectivity index (χ4v) is 4.10. The van der Waals surface area contributed by atoms with E-state index in [0.717, 1.165) is 16.9 Å². The number of carbonyl (C=O) groups excluding carboxylic acids is 4. The molecule has 9 nitrogen and oxygen atoms in total. The Morgan fingerprint density at radius 3 is 2.37 bits per heavy atom. The summed E-state index contributed by atoms with van der Waals surface area (Å²) in [6.45, 7) is 0.838. The van der Waals surface area contributed by atoms with E-state index in [-0.39, 0.29) is 22.7 Å². The summed E-state index contributed by atoms with van der Waals surface area (Å²) in [5, 5.41) is 7.05. The van der Waals surface area contributed by atoms with E-state index in [1.165, 1.54) is 7.11 Å². The Morgan fingerprint density at radius 2 is 1.66 bits per heavy atom. The molecule has 0 spiro atoms. The molecule has 0 aliphatic heterocycles. The van der Waals surface area contributed by atoms with Gasteiger partial charge in [0.25, 0.3) is 11.8 Å². The van der Waals surface area contributed by atoms with Crippen molar-refractivity contribution in [2.45, 2.75) is 6.92 Å². The third-order valence-corrected chi connectivity index (χ3v) is 5.61. The number of amides is 2. The molecule has 1 heterocycles. The Kier molecular flexibility index (Phi) is 8.96. The summed E-state index contributed by atoms with van der Waals surface area (Å²) in [6, 6.07) is 15.8. The minimum Gasteiger partial charge on any atom is -0.496 e. The van der Waals surface area contributed by atoms with Crippen molar-refractivity contribution in [3.63, 3.8) is 0 Å². The summed E-state index contributed by atoms with van der Waals surface area (Å²) in [4.78, 5) is 49.3. The Bertz CT molecular complexity index is 1210. The lowest BCUT2D eigenvalue weighted by molar-refractivity contribution is -0.146. The van der Waals surface area contributed by atoms with Crippen LogP contribution in [-0.4, -0.2) is 50.6 Å². The molecular weight excluding hydrogens is 472 g/mol. The molecule has 10 heteroatoms. The lowest BCUT2D eigenvalue weighted by atomic mass is 10.0. The zero-order chi connectivity index (χ0) is 25.2. The molecule has 0 atom stereocenters. The number of methoxy groups -OCH3 is 1. The molecule has 2 aromatic carbocycles. The van der Waals surface area contributed by atoms with Crippen molar-refractivity contribution in [3.8, 4) is 16.9 Å². The molecule has 3 rings (SSSR count). The number of para-hydroxylation sites is 1. The van der Waals surface area contributed by atoms with Crippen LogP contribution in [0.15, 0.2) is 60.0 Å². The molecule has 0 unspecified atom stereocenters. The van der Waals surface area contributed by atoms with Crippen LogP contribution in [0.1, 0.15) is 27.6 Å². The van der Waals surface area contributed by atoms with Crippen LogP contribution in [0, 0.1) is 0 Å². The van der Waals surface area contributed by atoms with Crippen molar-refractivity contribution in [1.82, 2.24) is 5.32 Å². The molecule has 0 fully saturated rings. The van der Waals surface area contributed by atoms with Crippen LogP contribution in [0.2, 0.25) is 0 Å². The average molecular weight is 497 g/mol. The van der Waals surface area contributed by atoms with Gasteiger partial charge in [-0.3, -0.25) is 14.4 Å². The maximum atomic E-state index is 12.6. The molecule has 0 saturated heterocycles. The molecular formula is C25H24N2O7S. The fourth-order valence-electron chi connectivity index (χ4n) is 3.13. The number of rotatable bonds is 10. The zero-order valence-corrected chi connectivity index (χ0v) is 20.0. The van der Waals surface area contributed by atoms with E-state index in [2.05, 4.69) is 10.6 Å². The van der Waals surface area contributed by atoms with Gasteiger partial charge in [-0.1, -0.05) is 42.5 Å². The summed E-state index contributed by atoms with van der Waals surface area (Å²) >= 11 is 1.16. The molecule has 2 N–H and O–H groups in total. The van der Waals surface area contributed by atoms with Crippen molar-refractivity contribution in [2.75, 3.05) is 32.2 Å². The highest BCUT2D eigenvalue weighted by Gasteiger charge is 2.23. The SMILES string of the molecule is CCOC(=O)c1c(-c2ccccc2)csc1NC(=O)COC(=O)CNC(=O)c1ccccc1OC. The van der Waals surface area contributed by atoms with Crippen LogP contribution in [-0.2, 0) is 19.1 Å². The second-order valence-corrected chi connectivity index (χ2v) is 7.91. The highest BCUT2D eigenvalue weighted by Crippen LogP contribution is 2.36. The molecule has 1 aromatic heterocycles. The van der Waals surface area contributed by atoms with Crippen molar-refractivity contribution in [2.24, 2.45) is 0 Å². The second-order valence-electron chi connectivity index (χ2n) is 7.03. The third-order valence-electron chi connectivity index (χ3n) is 4.72. The minimum atomic E-state index is -0.801. The predicted octanol–water partition coefficient (Wildman–Crippen LogP) is 3.51. The average Bonchev–Trinajstić information content (AvgIpc) is 3.30. The molecule has 0 aliphatic carbocycles. The lowest BCUT2D eigenvalue weighted by Gasteiger charge is -2.10. The minimum absolute atomic E-state index is 0.175. The Hall–Kier alpha value is -4.18. The quantitative estimate of drug-likeness (QED) is 0.412. The van der Waals surface area contributed by atoms with Crippen LogP contribution >= 0.6 is 11.3 Å². The summed E-state index contributed by atoms with van der Waals surface area (Å²) in [5.74, 6) is -2.17. The summed E-state index contributed by atoms with van der Waals surface area (Å²) in [7, 11) is 1.43. The molecule has 0 saturated carbocycles. The number of ether oxygens (including phenoxy) is 3. The van der Waals surface area contributed by atoms with Crippen LogP contribution in [0.5, 0.6) is 5.75 Å². The van der Waals surface area contributed by atoms with Gasteiger partial charge in [0.05, 0.1) is 19.3 Å². The first-order chi connectivity index (χ1) is 16.9. The van der Waals surface area contributed by atoms with Crippen molar-refractivity contribution >= 4 is 40.1 Å². The van der Waals surface area contributed by atoms with Crippen LogP contribution in [0.4, 0.5) is 5.00 Å². The topological polar surface area (TPSA) is 120 Å². The molecule has 3 aromatic rings. The number of thiophene rings is 1. The standard InChI is InChI=1S/C25H24N2O7S/c1-3-33-25(31)22-18(16-9-5-4-6-10-16)15-35-24(22)27-20(28)14-34-21(29)13-26-23(30)17-11-7-8-12-19(17)32-2/h4-12,15H,3,13-14H2,1-2H3,(H,26,30)(H,27,28). The number of nitrogens with one attached hydrogen (secondary N) is 2. The Balaban J connectivity index is 1.58. The number of benzene rings is 2. The molecule has 35 heavy (non-hydrogen) atoms. The van der Waals surface area contributed by atoms with E-state index < -0.39 is 36.9 Å². The number of hydrogen-bond acceptors (Lipinski definition) is 8. The van der Waals surface area contributed by atoms with E-state index in [0.29, 0.717) is 11.3 Å². The first-order valence-corrected chi connectivity index (χ1v) is 11.5. The first-order valence-electron chi connectivity index (χ1n) is 10.6. The van der Waals surface area contributed by atoms with Gasteiger partial charge in [-0.05, 0) is 24.6 Å². The maximum absolute atomic E-state index is 12.6. The summed E-state index contributed by atoms with van der Waals surface area (Å²) < 4.78 is 15.2. The normalized spacial score (nSPS) is 10.2. The van der Waals surface area contributed by atoms with Gasteiger partial charge in [0.15, 0.2) is 6.61 Å². The van der Waals surface area contributed by atoms with E-state index in [4.69, 9.17) is 14.2 Å². The fraction of sp³-hybridized carbons (Fsp3) is 0.200. The first kappa shape index (κ1) is 25.4. The zero-order valence-electron chi connectivity index (χ0n) is 19.2. The number of carbonyl (C=O) groups is 4. The van der Waals surface area contributed by atoms with E-state index in [9.17, 15) is 19.2 Å². The second kappa shape index (κ2) is 12.3. The maximum Gasteiger partial charge on any atom is 0.341 e.